The predicted molar refractivity (Wildman–Crippen MR) is 91.2 cm³/mol. The molecule has 0 saturated carbocycles. The number of carboxylic acid groups (broad SMARTS) is 1. The third-order valence-electron chi connectivity index (χ3n) is 3.67. The van der Waals surface area contributed by atoms with Crippen LogP contribution in [-0.4, -0.2) is 27.7 Å². The summed E-state index contributed by atoms with van der Waals surface area (Å²) in [5.41, 5.74) is 1.40. The number of alkyl halides is 2. The minimum atomic E-state index is -2.98. The van der Waals surface area contributed by atoms with Crippen LogP contribution >= 0.6 is 0 Å². The van der Waals surface area contributed by atoms with Crippen molar-refractivity contribution in [2.75, 3.05) is 0 Å². The van der Waals surface area contributed by atoms with E-state index in [-0.39, 0.29) is 22.7 Å². The molecule has 1 N–H and O–H groups in total. The lowest BCUT2D eigenvalue weighted by Crippen LogP contribution is -2.09. The fourth-order valence-corrected chi connectivity index (χ4v) is 2.57. The Morgan fingerprint density at radius 1 is 1.04 bits per heavy atom. The molecule has 0 spiro atoms. The topological polar surface area (TPSA) is 72.3 Å². The molecule has 1 aromatic heterocycles. The molecule has 2 aromatic carbocycles. The van der Waals surface area contributed by atoms with Gasteiger partial charge in [0.2, 0.25) is 0 Å². The van der Waals surface area contributed by atoms with Gasteiger partial charge in [-0.25, -0.2) is 14.8 Å². The van der Waals surface area contributed by atoms with Gasteiger partial charge >= 0.3 is 12.6 Å². The summed E-state index contributed by atoms with van der Waals surface area (Å²) in [7, 11) is 0. The number of nitrogens with zero attached hydrogens (tertiary/aromatic N) is 2. The van der Waals surface area contributed by atoms with Gasteiger partial charge in [-0.1, -0.05) is 42.5 Å². The second-order valence-corrected chi connectivity index (χ2v) is 5.43. The van der Waals surface area contributed by atoms with Gasteiger partial charge in [0.25, 0.3) is 0 Å². The van der Waals surface area contributed by atoms with Crippen LogP contribution in [0.5, 0.6) is 5.75 Å². The summed E-state index contributed by atoms with van der Waals surface area (Å²) in [6.07, 6.45) is 0. The van der Waals surface area contributed by atoms with E-state index < -0.39 is 12.6 Å². The summed E-state index contributed by atoms with van der Waals surface area (Å²) in [5, 5.41) is 9.55. The van der Waals surface area contributed by atoms with Crippen molar-refractivity contribution in [2.24, 2.45) is 0 Å². The van der Waals surface area contributed by atoms with E-state index in [0.29, 0.717) is 17.0 Å². The van der Waals surface area contributed by atoms with Gasteiger partial charge in [-0.3, -0.25) is 0 Å². The first-order valence-electron chi connectivity index (χ1n) is 7.68. The maximum atomic E-state index is 12.5. The van der Waals surface area contributed by atoms with Crippen molar-refractivity contribution >= 4 is 5.97 Å². The van der Waals surface area contributed by atoms with Crippen molar-refractivity contribution in [3.63, 3.8) is 0 Å². The predicted octanol–water partition coefficient (Wildman–Crippen LogP) is 4.42. The molecule has 0 amide bonds. The second kappa shape index (κ2) is 7.26. The number of halogens is 2. The van der Waals surface area contributed by atoms with Gasteiger partial charge in [0.05, 0.1) is 11.4 Å². The van der Waals surface area contributed by atoms with Crippen LogP contribution in [0.2, 0.25) is 0 Å². The number of carboxylic acids is 1. The van der Waals surface area contributed by atoms with Crippen LogP contribution in [0, 0.1) is 6.92 Å². The van der Waals surface area contributed by atoms with E-state index in [1.165, 1.54) is 18.2 Å². The Bertz CT molecular complexity index is 947. The van der Waals surface area contributed by atoms with E-state index in [9.17, 15) is 18.7 Å². The molecule has 0 atom stereocenters. The minimum Gasteiger partial charge on any atom is -0.478 e. The molecule has 5 nitrogen and oxygen atoms in total. The molecule has 0 bridgehead atoms. The molecule has 26 heavy (non-hydrogen) atoms. The van der Waals surface area contributed by atoms with Crippen LogP contribution in [0.4, 0.5) is 8.78 Å². The van der Waals surface area contributed by atoms with Gasteiger partial charge in [-0.15, -0.1) is 0 Å². The van der Waals surface area contributed by atoms with Crippen molar-refractivity contribution in [2.45, 2.75) is 13.5 Å². The van der Waals surface area contributed by atoms with Gasteiger partial charge in [-0.05, 0) is 19.1 Å². The number of aromatic nitrogens is 2. The number of aryl methyl sites for hydroxylation is 1. The number of hydrogen-bond donors (Lipinski definition) is 1. The van der Waals surface area contributed by atoms with Crippen molar-refractivity contribution in [3.05, 3.63) is 65.9 Å². The highest BCUT2D eigenvalue weighted by Gasteiger charge is 2.20. The molecule has 0 saturated heterocycles. The summed E-state index contributed by atoms with van der Waals surface area (Å²) in [6, 6.07) is 14.8. The number of rotatable bonds is 5. The maximum Gasteiger partial charge on any atom is 0.387 e. The zero-order valence-electron chi connectivity index (χ0n) is 13.7. The first-order valence-corrected chi connectivity index (χ1v) is 7.68. The van der Waals surface area contributed by atoms with E-state index in [1.807, 2.05) is 18.2 Å². The molecular formula is C19H14F2N2O3. The standard InChI is InChI=1S/C19H14F2N2O3/c1-11-15(18(24)25)16(13-8-5-9-14(10-13)26-19(20)21)23-17(22-11)12-6-3-2-4-7-12/h2-10,19H,1H3,(H,24,25). The van der Waals surface area contributed by atoms with Crippen LogP contribution in [0.25, 0.3) is 22.6 Å². The molecule has 0 aliphatic heterocycles. The zero-order chi connectivity index (χ0) is 18.7. The lowest BCUT2D eigenvalue weighted by molar-refractivity contribution is -0.0498. The summed E-state index contributed by atoms with van der Waals surface area (Å²) in [6.45, 7) is -1.41. The van der Waals surface area contributed by atoms with Crippen LogP contribution in [0.15, 0.2) is 54.6 Å². The average Bonchev–Trinajstić information content (AvgIpc) is 2.61. The van der Waals surface area contributed by atoms with Crippen LogP contribution < -0.4 is 4.74 Å². The lowest BCUT2D eigenvalue weighted by atomic mass is 10.0. The fourth-order valence-electron chi connectivity index (χ4n) is 2.57. The maximum absolute atomic E-state index is 12.5. The van der Waals surface area contributed by atoms with Gasteiger partial charge in [0.1, 0.15) is 11.3 Å². The van der Waals surface area contributed by atoms with Crippen LogP contribution in [-0.2, 0) is 0 Å². The smallest absolute Gasteiger partial charge is 0.387 e. The highest BCUT2D eigenvalue weighted by atomic mass is 19.3. The Morgan fingerprint density at radius 2 is 1.73 bits per heavy atom. The van der Waals surface area contributed by atoms with E-state index in [1.54, 1.807) is 25.1 Å². The average molecular weight is 356 g/mol. The molecule has 7 heteroatoms. The normalized spacial score (nSPS) is 10.8. The van der Waals surface area contributed by atoms with Crippen LogP contribution in [0.3, 0.4) is 0 Å². The quantitative estimate of drug-likeness (QED) is 0.733. The van der Waals surface area contributed by atoms with E-state index in [4.69, 9.17) is 0 Å². The van der Waals surface area contributed by atoms with Crippen molar-refractivity contribution in [3.8, 4) is 28.4 Å². The number of carbonyl (C=O) groups is 1. The largest absolute Gasteiger partial charge is 0.478 e. The van der Waals surface area contributed by atoms with Crippen molar-refractivity contribution in [1.29, 1.82) is 0 Å². The molecule has 0 radical (unpaired) electrons. The Balaban J connectivity index is 2.18. The first-order chi connectivity index (χ1) is 12.5. The van der Waals surface area contributed by atoms with Gasteiger partial charge in [-0.2, -0.15) is 8.78 Å². The van der Waals surface area contributed by atoms with E-state index in [0.717, 1.165) is 0 Å². The first kappa shape index (κ1) is 17.5. The third-order valence-corrected chi connectivity index (χ3v) is 3.67. The Hall–Kier alpha value is -3.35. The third kappa shape index (κ3) is 3.66. The Kier molecular flexibility index (Phi) is 4.88. The number of aromatic carboxylic acids is 1. The molecule has 0 unspecified atom stereocenters. The lowest BCUT2D eigenvalue weighted by Gasteiger charge is -2.12. The van der Waals surface area contributed by atoms with Gasteiger partial charge in [0, 0.05) is 11.1 Å². The molecule has 1 heterocycles. The fraction of sp³-hybridized carbons (Fsp3) is 0.105. The molecule has 132 valence electrons. The van der Waals surface area contributed by atoms with Crippen molar-refractivity contribution in [1.82, 2.24) is 9.97 Å². The molecule has 0 aliphatic carbocycles. The highest BCUT2D eigenvalue weighted by Crippen LogP contribution is 2.29. The number of ether oxygens (including phenoxy) is 1. The van der Waals surface area contributed by atoms with Gasteiger partial charge in [0.15, 0.2) is 5.82 Å². The van der Waals surface area contributed by atoms with Crippen LogP contribution in [0.1, 0.15) is 16.1 Å². The SMILES string of the molecule is Cc1nc(-c2ccccc2)nc(-c2cccc(OC(F)F)c2)c1C(=O)O. The molecule has 0 aliphatic rings. The minimum absolute atomic E-state index is 0.0774. The zero-order valence-corrected chi connectivity index (χ0v) is 13.7. The molecular weight excluding hydrogens is 342 g/mol. The van der Waals surface area contributed by atoms with Crippen molar-refractivity contribution < 1.29 is 23.4 Å². The molecule has 0 fully saturated rings. The summed E-state index contributed by atoms with van der Waals surface area (Å²) < 4.78 is 29.3. The van der Waals surface area contributed by atoms with E-state index in [2.05, 4.69) is 14.7 Å². The summed E-state index contributed by atoms with van der Waals surface area (Å²) in [4.78, 5) is 20.4. The summed E-state index contributed by atoms with van der Waals surface area (Å²) in [5.74, 6) is -0.924. The Labute approximate surface area is 147 Å². The monoisotopic (exact) mass is 356 g/mol. The highest BCUT2D eigenvalue weighted by molar-refractivity contribution is 5.96. The molecule has 3 rings (SSSR count). The number of benzene rings is 2. The van der Waals surface area contributed by atoms with E-state index >= 15 is 0 Å². The number of hydrogen-bond acceptors (Lipinski definition) is 4. The Morgan fingerprint density at radius 3 is 2.38 bits per heavy atom. The van der Waals surface area contributed by atoms with Gasteiger partial charge < -0.3 is 9.84 Å². The second-order valence-electron chi connectivity index (χ2n) is 5.43. The summed E-state index contributed by atoms with van der Waals surface area (Å²) >= 11 is 0. The molecule has 3 aromatic rings.